The minimum atomic E-state index is -0.307. The number of hydrogen-bond acceptors (Lipinski definition) is 3. The van der Waals surface area contributed by atoms with Crippen LogP contribution in [0.25, 0.3) is 0 Å². The summed E-state index contributed by atoms with van der Waals surface area (Å²) < 4.78 is 0. The molecule has 3 N–H and O–H groups in total. The van der Waals surface area contributed by atoms with Gasteiger partial charge in [-0.25, -0.2) is 0 Å². The minimum absolute atomic E-state index is 0.0352. The quantitative estimate of drug-likeness (QED) is 0.803. The van der Waals surface area contributed by atoms with E-state index in [4.69, 9.17) is 5.73 Å². The van der Waals surface area contributed by atoms with Crippen LogP contribution in [0.3, 0.4) is 0 Å². The lowest BCUT2D eigenvalue weighted by atomic mass is 10.0. The molecule has 0 aliphatic heterocycles. The van der Waals surface area contributed by atoms with Gasteiger partial charge in [0.15, 0.2) is 0 Å². The van der Waals surface area contributed by atoms with Crippen molar-refractivity contribution < 1.29 is 9.59 Å². The highest BCUT2D eigenvalue weighted by atomic mass is 32.2. The zero-order valence-electron chi connectivity index (χ0n) is 10.7. The Morgan fingerprint density at radius 1 is 1.26 bits per heavy atom. The average molecular weight is 278 g/mol. The molecule has 5 heteroatoms. The SMILES string of the molecule is NC(=O)[C@H]1CCC[C@@H]1NC(=O)CSc1ccccc1. The summed E-state index contributed by atoms with van der Waals surface area (Å²) in [5.41, 5.74) is 5.33. The fourth-order valence-corrected chi connectivity index (χ4v) is 3.12. The van der Waals surface area contributed by atoms with Crippen LogP contribution in [0.15, 0.2) is 35.2 Å². The van der Waals surface area contributed by atoms with Crippen molar-refractivity contribution in [1.82, 2.24) is 5.32 Å². The Bertz CT molecular complexity index is 450. The van der Waals surface area contributed by atoms with Gasteiger partial charge in [0, 0.05) is 10.9 Å². The van der Waals surface area contributed by atoms with Crippen LogP contribution in [0.4, 0.5) is 0 Å². The van der Waals surface area contributed by atoms with Crippen LogP contribution in [-0.2, 0) is 9.59 Å². The number of nitrogens with two attached hydrogens (primary N) is 1. The number of carbonyl (C=O) groups excluding carboxylic acids is 2. The fourth-order valence-electron chi connectivity index (χ4n) is 2.39. The normalized spacial score (nSPS) is 22.1. The first-order valence-electron chi connectivity index (χ1n) is 6.43. The fraction of sp³-hybridized carbons (Fsp3) is 0.429. The van der Waals surface area contributed by atoms with E-state index in [9.17, 15) is 9.59 Å². The summed E-state index contributed by atoms with van der Waals surface area (Å²) >= 11 is 1.49. The number of thioether (sulfide) groups is 1. The van der Waals surface area contributed by atoms with Gasteiger partial charge in [-0.05, 0) is 25.0 Å². The first kappa shape index (κ1) is 13.9. The second kappa shape index (κ2) is 6.61. The van der Waals surface area contributed by atoms with Gasteiger partial charge in [0.25, 0.3) is 0 Å². The maximum atomic E-state index is 11.9. The summed E-state index contributed by atoms with van der Waals surface area (Å²) in [5.74, 6) is -0.178. The van der Waals surface area contributed by atoms with Gasteiger partial charge in [0.1, 0.15) is 0 Å². The summed E-state index contributed by atoms with van der Waals surface area (Å²) in [6.45, 7) is 0. The number of rotatable bonds is 5. The van der Waals surface area contributed by atoms with Crippen LogP contribution in [-0.4, -0.2) is 23.6 Å². The predicted molar refractivity (Wildman–Crippen MR) is 75.6 cm³/mol. The van der Waals surface area contributed by atoms with Crippen LogP contribution in [0, 0.1) is 5.92 Å². The van der Waals surface area contributed by atoms with Gasteiger partial charge in [-0.1, -0.05) is 24.6 Å². The van der Waals surface area contributed by atoms with Crippen molar-refractivity contribution in [2.24, 2.45) is 11.7 Å². The van der Waals surface area contributed by atoms with Crippen molar-refractivity contribution in [3.63, 3.8) is 0 Å². The third-order valence-corrected chi connectivity index (χ3v) is 4.35. The van der Waals surface area contributed by atoms with E-state index < -0.39 is 0 Å². The van der Waals surface area contributed by atoms with Crippen molar-refractivity contribution in [2.75, 3.05) is 5.75 Å². The van der Waals surface area contributed by atoms with Gasteiger partial charge in [0.2, 0.25) is 11.8 Å². The number of benzene rings is 1. The molecule has 102 valence electrons. The van der Waals surface area contributed by atoms with Crippen molar-refractivity contribution in [3.8, 4) is 0 Å². The molecule has 2 rings (SSSR count). The minimum Gasteiger partial charge on any atom is -0.369 e. The summed E-state index contributed by atoms with van der Waals surface area (Å²) in [4.78, 5) is 24.2. The van der Waals surface area contributed by atoms with Crippen molar-refractivity contribution in [2.45, 2.75) is 30.2 Å². The molecule has 1 aliphatic carbocycles. The standard InChI is InChI=1S/C14H18N2O2S/c15-14(18)11-7-4-8-12(11)16-13(17)9-19-10-5-2-1-3-6-10/h1-3,5-6,11-12H,4,7-9H2,(H2,15,18)(H,16,17)/t11-,12-/m0/s1. The number of amides is 2. The van der Waals surface area contributed by atoms with Crippen LogP contribution in [0.1, 0.15) is 19.3 Å². The first-order valence-corrected chi connectivity index (χ1v) is 7.42. The predicted octanol–water partition coefficient (Wildman–Crippen LogP) is 1.55. The lowest BCUT2D eigenvalue weighted by Gasteiger charge is -2.18. The van der Waals surface area contributed by atoms with Crippen LogP contribution in [0.2, 0.25) is 0 Å². The van der Waals surface area contributed by atoms with E-state index in [1.165, 1.54) is 11.8 Å². The highest BCUT2D eigenvalue weighted by Crippen LogP contribution is 2.25. The summed E-state index contributed by atoms with van der Waals surface area (Å²) in [6.07, 6.45) is 2.58. The average Bonchev–Trinajstić information content (AvgIpc) is 2.86. The van der Waals surface area contributed by atoms with Gasteiger partial charge in [-0.2, -0.15) is 0 Å². The number of nitrogens with one attached hydrogen (secondary N) is 1. The molecule has 1 aliphatic rings. The van der Waals surface area contributed by atoms with Gasteiger partial charge >= 0.3 is 0 Å². The van der Waals surface area contributed by atoms with Crippen molar-refractivity contribution >= 4 is 23.6 Å². The molecule has 19 heavy (non-hydrogen) atoms. The molecule has 0 unspecified atom stereocenters. The molecule has 2 amide bonds. The van der Waals surface area contributed by atoms with Crippen LogP contribution < -0.4 is 11.1 Å². The van der Waals surface area contributed by atoms with E-state index in [0.29, 0.717) is 5.75 Å². The second-order valence-corrected chi connectivity index (χ2v) is 5.76. The maximum Gasteiger partial charge on any atom is 0.230 e. The molecule has 0 radical (unpaired) electrons. The lowest BCUT2D eigenvalue weighted by Crippen LogP contribution is -2.42. The van der Waals surface area contributed by atoms with Gasteiger partial charge in [-0.15, -0.1) is 11.8 Å². The Morgan fingerprint density at radius 3 is 2.68 bits per heavy atom. The summed E-state index contributed by atoms with van der Waals surface area (Å²) in [6, 6.07) is 9.70. The van der Waals surface area contributed by atoms with Crippen molar-refractivity contribution in [3.05, 3.63) is 30.3 Å². The van der Waals surface area contributed by atoms with Gasteiger partial charge in [-0.3, -0.25) is 9.59 Å². The molecular weight excluding hydrogens is 260 g/mol. The van der Waals surface area contributed by atoms with E-state index in [0.717, 1.165) is 24.2 Å². The first-order chi connectivity index (χ1) is 9.16. The Labute approximate surface area is 117 Å². The van der Waals surface area contributed by atoms with Gasteiger partial charge < -0.3 is 11.1 Å². The number of primary amides is 1. The molecule has 1 fully saturated rings. The molecule has 0 saturated heterocycles. The number of carbonyl (C=O) groups is 2. The van der Waals surface area contributed by atoms with Crippen molar-refractivity contribution in [1.29, 1.82) is 0 Å². The summed E-state index contributed by atoms with van der Waals surface area (Å²) in [7, 11) is 0. The molecule has 1 aromatic carbocycles. The van der Waals surface area contributed by atoms with Gasteiger partial charge in [0.05, 0.1) is 11.7 Å². The second-order valence-electron chi connectivity index (χ2n) is 4.72. The largest absolute Gasteiger partial charge is 0.369 e. The smallest absolute Gasteiger partial charge is 0.230 e. The third kappa shape index (κ3) is 3.99. The monoisotopic (exact) mass is 278 g/mol. The molecule has 2 atom stereocenters. The molecule has 1 aromatic rings. The summed E-state index contributed by atoms with van der Waals surface area (Å²) in [5, 5.41) is 2.92. The molecule has 0 bridgehead atoms. The Hall–Kier alpha value is -1.49. The highest BCUT2D eigenvalue weighted by molar-refractivity contribution is 8.00. The third-order valence-electron chi connectivity index (χ3n) is 3.34. The van der Waals surface area contributed by atoms with E-state index in [1.54, 1.807) is 0 Å². The van der Waals surface area contributed by atoms with Crippen LogP contribution >= 0.6 is 11.8 Å². The zero-order chi connectivity index (χ0) is 13.7. The highest BCUT2D eigenvalue weighted by Gasteiger charge is 2.32. The Kier molecular flexibility index (Phi) is 4.85. The van der Waals surface area contributed by atoms with Crippen LogP contribution in [0.5, 0.6) is 0 Å². The molecule has 1 saturated carbocycles. The van der Waals surface area contributed by atoms with E-state index in [-0.39, 0.29) is 23.8 Å². The zero-order valence-corrected chi connectivity index (χ0v) is 11.5. The lowest BCUT2D eigenvalue weighted by molar-refractivity contribution is -0.123. The molecule has 0 aromatic heterocycles. The molecule has 0 spiro atoms. The maximum absolute atomic E-state index is 11.9. The molecular formula is C14H18N2O2S. The molecule has 4 nitrogen and oxygen atoms in total. The van der Waals surface area contributed by atoms with E-state index in [2.05, 4.69) is 5.32 Å². The topological polar surface area (TPSA) is 72.2 Å². The Balaban J connectivity index is 1.80. The number of hydrogen-bond donors (Lipinski definition) is 2. The van der Waals surface area contributed by atoms with E-state index >= 15 is 0 Å². The van der Waals surface area contributed by atoms with E-state index in [1.807, 2.05) is 30.3 Å². The Morgan fingerprint density at radius 2 is 2.00 bits per heavy atom. The molecule has 0 heterocycles.